The molecule has 1 aromatic heterocycles. The molecule has 1 atom stereocenters. The van der Waals surface area contributed by atoms with Gasteiger partial charge in [0.2, 0.25) is 10.0 Å². The van der Waals surface area contributed by atoms with Gasteiger partial charge in [-0.2, -0.15) is 0 Å². The van der Waals surface area contributed by atoms with E-state index in [0.717, 1.165) is 19.4 Å². The van der Waals surface area contributed by atoms with Gasteiger partial charge in [-0.1, -0.05) is 0 Å². The summed E-state index contributed by atoms with van der Waals surface area (Å²) in [6, 6.07) is -0.191. The Morgan fingerprint density at radius 2 is 2.10 bits per heavy atom. The number of sulfonamides is 1. The lowest BCUT2D eigenvalue weighted by molar-refractivity contribution is 0.0595. The van der Waals surface area contributed by atoms with Gasteiger partial charge >= 0.3 is 5.97 Å². The van der Waals surface area contributed by atoms with Crippen LogP contribution in [0.1, 0.15) is 34.7 Å². The van der Waals surface area contributed by atoms with Gasteiger partial charge in [0.05, 0.1) is 7.11 Å². The molecule has 1 aliphatic rings. The van der Waals surface area contributed by atoms with E-state index in [4.69, 9.17) is 4.42 Å². The number of nitrogens with one attached hydrogen (secondary N) is 2. The van der Waals surface area contributed by atoms with E-state index in [1.165, 1.54) is 14.0 Å². The van der Waals surface area contributed by atoms with Crippen molar-refractivity contribution in [2.24, 2.45) is 0 Å². The highest BCUT2D eigenvalue weighted by Gasteiger charge is 2.33. The maximum absolute atomic E-state index is 12.6. The van der Waals surface area contributed by atoms with Crippen molar-refractivity contribution in [3.8, 4) is 0 Å². The third-order valence-corrected chi connectivity index (χ3v) is 5.15. The van der Waals surface area contributed by atoms with E-state index in [0.29, 0.717) is 6.54 Å². The summed E-state index contributed by atoms with van der Waals surface area (Å²) in [5, 5.41) is 3.14. The molecule has 0 radical (unpaired) electrons. The first-order valence-corrected chi connectivity index (χ1v) is 8.26. The fraction of sp³-hybridized carbons (Fsp3) is 0.615. The van der Waals surface area contributed by atoms with Crippen molar-refractivity contribution in [2.45, 2.75) is 37.6 Å². The highest BCUT2D eigenvalue weighted by molar-refractivity contribution is 7.89. The van der Waals surface area contributed by atoms with Crippen LogP contribution < -0.4 is 10.0 Å². The fourth-order valence-electron chi connectivity index (χ4n) is 2.56. The summed E-state index contributed by atoms with van der Waals surface area (Å²) in [5.41, 5.74) is -0.0359. The Kier molecular flexibility index (Phi) is 4.70. The van der Waals surface area contributed by atoms with Gasteiger partial charge in [0.15, 0.2) is 0 Å². The van der Waals surface area contributed by atoms with Crippen molar-refractivity contribution in [2.75, 3.05) is 20.2 Å². The molecule has 2 rings (SSSR count). The van der Waals surface area contributed by atoms with Crippen LogP contribution in [0.3, 0.4) is 0 Å². The summed E-state index contributed by atoms with van der Waals surface area (Å²) >= 11 is 0. The molecule has 1 aliphatic heterocycles. The molecule has 1 fully saturated rings. The van der Waals surface area contributed by atoms with Crippen molar-refractivity contribution in [1.29, 1.82) is 0 Å². The zero-order valence-corrected chi connectivity index (χ0v) is 13.2. The summed E-state index contributed by atoms with van der Waals surface area (Å²) in [6.07, 6.45) is 1.66. The second kappa shape index (κ2) is 6.17. The van der Waals surface area contributed by atoms with Crippen LogP contribution in [-0.4, -0.2) is 40.6 Å². The minimum atomic E-state index is -3.84. The molecule has 0 bridgehead atoms. The molecule has 7 nitrogen and oxygen atoms in total. The molecule has 0 saturated carbocycles. The van der Waals surface area contributed by atoms with Gasteiger partial charge in [-0.3, -0.25) is 0 Å². The molecule has 1 aromatic rings. The Balaban J connectivity index is 2.37. The smallest absolute Gasteiger partial charge is 0.342 e. The molecule has 8 heteroatoms. The first-order chi connectivity index (χ1) is 9.86. The summed E-state index contributed by atoms with van der Waals surface area (Å²) in [6.45, 7) is 4.52. The van der Waals surface area contributed by atoms with Crippen molar-refractivity contribution >= 4 is 16.0 Å². The van der Waals surface area contributed by atoms with Crippen LogP contribution in [0.15, 0.2) is 9.31 Å². The van der Waals surface area contributed by atoms with E-state index in [2.05, 4.69) is 14.8 Å². The number of aryl methyl sites for hydroxylation is 2. The quantitative estimate of drug-likeness (QED) is 0.794. The summed E-state index contributed by atoms with van der Waals surface area (Å²) in [7, 11) is -2.63. The Morgan fingerprint density at radius 1 is 1.38 bits per heavy atom. The van der Waals surface area contributed by atoms with E-state index < -0.39 is 16.0 Å². The molecular weight excluding hydrogens is 296 g/mol. The minimum absolute atomic E-state index is 0.0359. The highest BCUT2D eigenvalue weighted by Crippen LogP contribution is 2.27. The van der Waals surface area contributed by atoms with Crippen LogP contribution in [0.2, 0.25) is 0 Å². The van der Waals surface area contributed by atoms with Gasteiger partial charge in [-0.15, -0.1) is 0 Å². The molecule has 2 heterocycles. The third-order valence-electron chi connectivity index (χ3n) is 3.48. The molecule has 118 valence electrons. The van der Waals surface area contributed by atoms with Gasteiger partial charge in [0, 0.05) is 12.6 Å². The Hall–Kier alpha value is -1.38. The molecular formula is C13H20N2O5S. The average molecular weight is 316 g/mol. The summed E-state index contributed by atoms with van der Waals surface area (Å²) in [5.74, 6) is -0.294. The first kappa shape index (κ1) is 16.0. The molecule has 0 aliphatic carbocycles. The van der Waals surface area contributed by atoms with Gasteiger partial charge in [0.1, 0.15) is 22.0 Å². The Bertz CT molecular complexity index is 629. The molecule has 0 amide bonds. The molecule has 0 aromatic carbocycles. The Labute approximate surface area is 124 Å². The largest absolute Gasteiger partial charge is 0.465 e. The van der Waals surface area contributed by atoms with Gasteiger partial charge in [0.25, 0.3) is 0 Å². The predicted molar refractivity (Wildman–Crippen MR) is 75.7 cm³/mol. The van der Waals surface area contributed by atoms with Crippen LogP contribution in [0, 0.1) is 13.8 Å². The number of piperidine rings is 1. The van der Waals surface area contributed by atoms with E-state index in [1.807, 2.05) is 0 Å². The van der Waals surface area contributed by atoms with Gasteiger partial charge in [-0.25, -0.2) is 17.9 Å². The van der Waals surface area contributed by atoms with Gasteiger partial charge < -0.3 is 14.5 Å². The number of carbonyl (C=O) groups is 1. The fourth-order valence-corrected chi connectivity index (χ4v) is 4.23. The summed E-state index contributed by atoms with van der Waals surface area (Å²) < 4.78 is 37.7. The molecule has 0 unspecified atom stereocenters. The van der Waals surface area contributed by atoms with Crippen molar-refractivity contribution in [3.63, 3.8) is 0 Å². The zero-order valence-electron chi connectivity index (χ0n) is 12.4. The number of carbonyl (C=O) groups excluding carboxylic acids is 1. The van der Waals surface area contributed by atoms with Crippen molar-refractivity contribution in [3.05, 3.63) is 17.1 Å². The van der Waals surface area contributed by atoms with E-state index in [-0.39, 0.29) is 28.0 Å². The van der Waals surface area contributed by atoms with Crippen molar-refractivity contribution < 1.29 is 22.4 Å². The standard InChI is InChI=1S/C13H20N2O5S/c1-8-11(13(16)19-3)12(9(2)20-8)21(17,18)15-10-5-4-6-14-7-10/h10,14-15H,4-7H2,1-3H3/t10-/m1/s1. The maximum Gasteiger partial charge on any atom is 0.342 e. The second-order valence-corrected chi connectivity index (χ2v) is 6.73. The number of furan rings is 1. The summed E-state index contributed by atoms with van der Waals surface area (Å²) in [4.78, 5) is 11.7. The highest BCUT2D eigenvalue weighted by atomic mass is 32.2. The zero-order chi connectivity index (χ0) is 15.6. The number of methoxy groups -OCH3 is 1. The normalized spacial score (nSPS) is 19.5. The molecule has 21 heavy (non-hydrogen) atoms. The topological polar surface area (TPSA) is 97.6 Å². The molecule has 2 N–H and O–H groups in total. The lowest BCUT2D eigenvalue weighted by atomic mass is 10.1. The average Bonchev–Trinajstić information content (AvgIpc) is 2.74. The number of ether oxygens (including phenoxy) is 1. The number of hydrogen-bond donors (Lipinski definition) is 2. The number of rotatable bonds is 4. The lowest BCUT2D eigenvalue weighted by Crippen LogP contribution is -2.45. The molecule has 1 saturated heterocycles. The monoisotopic (exact) mass is 316 g/mol. The van der Waals surface area contributed by atoms with Crippen LogP contribution in [-0.2, 0) is 14.8 Å². The minimum Gasteiger partial charge on any atom is -0.465 e. The second-order valence-electron chi connectivity index (χ2n) is 5.07. The van der Waals surface area contributed by atoms with E-state index in [9.17, 15) is 13.2 Å². The van der Waals surface area contributed by atoms with E-state index in [1.54, 1.807) is 6.92 Å². The lowest BCUT2D eigenvalue weighted by Gasteiger charge is -2.23. The van der Waals surface area contributed by atoms with Crippen LogP contribution in [0.25, 0.3) is 0 Å². The molecule has 0 spiro atoms. The van der Waals surface area contributed by atoms with Crippen LogP contribution in [0.4, 0.5) is 0 Å². The van der Waals surface area contributed by atoms with Gasteiger partial charge in [-0.05, 0) is 33.2 Å². The SMILES string of the molecule is COC(=O)c1c(C)oc(C)c1S(=O)(=O)N[C@@H]1CCCNC1. The number of esters is 1. The van der Waals surface area contributed by atoms with Crippen LogP contribution >= 0.6 is 0 Å². The predicted octanol–water partition coefficient (Wildman–Crippen LogP) is 0.713. The van der Waals surface area contributed by atoms with Crippen molar-refractivity contribution in [1.82, 2.24) is 10.0 Å². The maximum atomic E-state index is 12.6. The third kappa shape index (κ3) is 3.28. The van der Waals surface area contributed by atoms with E-state index >= 15 is 0 Å². The first-order valence-electron chi connectivity index (χ1n) is 6.78. The Morgan fingerprint density at radius 3 is 2.67 bits per heavy atom. The van der Waals surface area contributed by atoms with Crippen LogP contribution in [0.5, 0.6) is 0 Å². The number of hydrogen-bond acceptors (Lipinski definition) is 6.